The number of amides is 1. The molecule has 0 bridgehead atoms. The molecule has 0 aromatic carbocycles. The first-order valence-corrected chi connectivity index (χ1v) is 7.74. The SMILES string of the molecule is CSC1CCC(NC(=O)C2(C#N)CCC2)CC1. The largest absolute Gasteiger partial charge is 0.352 e. The highest BCUT2D eigenvalue weighted by Crippen LogP contribution is 2.40. The molecule has 0 aromatic rings. The van der Waals surface area contributed by atoms with Crippen molar-refractivity contribution in [3.63, 3.8) is 0 Å². The summed E-state index contributed by atoms with van der Waals surface area (Å²) in [6.07, 6.45) is 9.17. The van der Waals surface area contributed by atoms with E-state index >= 15 is 0 Å². The minimum atomic E-state index is -0.684. The van der Waals surface area contributed by atoms with E-state index in [-0.39, 0.29) is 5.91 Å². The molecule has 0 aliphatic heterocycles. The summed E-state index contributed by atoms with van der Waals surface area (Å²) in [5.74, 6) is -0.0150. The van der Waals surface area contributed by atoms with E-state index in [9.17, 15) is 4.79 Å². The van der Waals surface area contributed by atoms with E-state index in [1.165, 1.54) is 12.8 Å². The second kappa shape index (κ2) is 5.30. The predicted molar refractivity (Wildman–Crippen MR) is 69.6 cm³/mol. The van der Waals surface area contributed by atoms with Crippen LogP contribution in [0.4, 0.5) is 0 Å². The van der Waals surface area contributed by atoms with E-state index in [1.807, 2.05) is 11.8 Å². The Bertz CT molecular complexity index is 325. The number of nitriles is 1. The lowest BCUT2D eigenvalue weighted by Crippen LogP contribution is -2.49. The minimum Gasteiger partial charge on any atom is -0.352 e. The molecule has 3 nitrogen and oxygen atoms in total. The van der Waals surface area contributed by atoms with Crippen LogP contribution in [0.2, 0.25) is 0 Å². The standard InChI is InChI=1S/C13H20N2OS/c1-17-11-5-3-10(4-6-11)15-12(16)13(9-14)7-2-8-13/h10-11H,2-8H2,1H3,(H,15,16). The molecule has 2 fully saturated rings. The van der Waals surface area contributed by atoms with Gasteiger partial charge in [0.2, 0.25) is 5.91 Å². The summed E-state index contributed by atoms with van der Waals surface area (Å²) in [5.41, 5.74) is -0.684. The minimum absolute atomic E-state index is 0.0150. The van der Waals surface area contributed by atoms with E-state index in [0.29, 0.717) is 6.04 Å². The molecule has 0 aromatic heterocycles. The van der Waals surface area contributed by atoms with Crippen LogP contribution >= 0.6 is 11.8 Å². The quantitative estimate of drug-likeness (QED) is 0.839. The highest BCUT2D eigenvalue weighted by Gasteiger charge is 2.45. The van der Waals surface area contributed by atoms with Gasteiger partial charge >= 0.3 is 0 Å². The van der Waals surface area contributed by atoms with Crippen LogP contribution in [-0.4, -0.2) is 23.5 Å². The number of nitrogens with one attached hydrogen (secondary N) is 1. The van der Waals surface area contributed by atoms with E-state index in [4.69, 9.17) is 5.26 Å². The molecular formula is C13H20N2OS. The molecule has 0 radical (unpaired) electrons. The summed E-state index contributed by atoms with van der Waals surface area (Å²) >= 11 is 1.93. The maximum absolute atomic E-state index is 12.1. The molecule has 0 heterocycles. The number of hydrogen-bond acceptors (Lipinski definition) is 3. The molecule has 17 heavy (non-hydrogen) atoms. The van der Waals surface area contributed by atoms with Crippen LogP contribution in [0.5, 0.6) is 0 Å². The second-order valence-electron chi connectivity index (χ2n) is 5.23. The average molecular weight is 252 g/mol. The maximum Gasteiger partial charge on any atom is 0.240 e. The van der Waals surface area contributed by atoms with Gasteiger partial charge in [-0.15, -0.1) is 0 Å². The Labute approximate surface area is 107 Å². The maximum atomic E-state index is 12.1. The van der Waals surface area contributed by atoms with Gasteiger partial charge in [0.05, 0.1) is 6.07 Å². The Kier molecular flexibility index (Phi) is 3.98. The summed E-state index contributed by atoms with van der Waals surface area (Å²) in [6.45, 7) is 0. The van der Waals surface area contributed by atoms with Crippen LogP contribution in [0.25, 0.3) is 0 Å². The van der Waals surface area contributed by atoms with Gasteiger partial charge in [-0.3, -0.25) is 4.79 Å². The van der Waals surface area contributed by atoms with Crippen molar-refractivity contribution in [1.29, 1.82) is 5.26 Å². The van der Waals surface area contributed by atoms with Crippen LogP contribution in [-0.2, 0) is 4.79 Å². The highest BCUT2D eigenvalue weighted by molar-refractivity contribution is 7.99. The Morgan fingerprint density at radius 2 is 2.00 bits per heavy atom. The zero-order chi connectivity index (χ0) is 12.3. The van der Waals surface area contributed by atoms with Crippen LogP contribution in [0, 0.1) is 16.7 Å². The average Bonchev–Trinajstić information content (AvgIpc) is 2.29. The van der Waals surface area contributed by atoms with Crippen LogP contribution < -0.4 is 5.32 Å². The summed E-state index contributed by atoms with van der Waals surface area (Å²) < 4.78 is 0. The lowest BCUT2D eigenvalue weighted by Gasteiger charge is -2.36. The van der Waals surface area contributed by atoms with Crippen molar-refractivity contribution in [3.8, 4) is 6.07 Å². The van der Waals surface area contributed by atoms with Crippen molar-refractivity contribution in [2.45, 2.75) is 56.2 Å². The first kappa shape index (κ1) is 12.8. The number of rotatable bonds is 3. The first-order chi connectivity index (χ1) is 8.20. The van der Waals surface area contributed by atoms with Crippen molar-refractivity contribution >= 4 is 17.7 Å². The normalized spacial score (nSPS) is 31.1. The molecule has 0 unspecified atom stereocenters. The number of hydrogen-bond donors (Lipinski definition) is 1. The lowest BCUT2D eigenvalue weighted by molar-refractivity contribution is -0.132. The molecule has 4 heteroatoms. The molecule has 2 rings (SSSR count). The van der Waals surface area contributed by atoms with Gasteiger partial charge in [0.15, 0.2) is 0 Å². The molecular weight excluding hydrogens is 232 g/mol. The Hall–Kier alpha value is -0.690. The van der Waals surface area contributed by atoms with Crippen molar-refractivity contribution in [3.05, 3.63) is 0 Å². The van der Waals surface area contributed by atoms with E-state index in [1.54, 1.807) is 0 Å². The molecule has 0 atom stereocenters. The lowest BCUT2D eigenvalue weighted by atomic mass is 9.69. The molecule has 2 aliphatic rings. The van der Waals surface area contributed by atoms with E-state index in [2.05, 4.69) is 17.6 Å². The predicted octanol–water partition coefficient (Wildman–Crippen LogP) is 2.47. The van der Waals surface area contributed by atoms with Gasteiger partial charge < -0.3 is 5.32 Å². The fourth-order valence-electron chi connectivity index (χ4n) is 2.69. The zero-order valence-corrected chi connectivity index (χ0v) is 11.2. The molecule has 1 N–H and O–H groups in total. The van der Waals surface area contributed by atoms with Gasteiger partial charge in [0.25, 0.3) is 0 Å². The summed E-state index contributed by atoms with van der Waals surface area (Å²) in [6, 6.07) is 2.51. The second-order valence-corrected chi connectivity index (χ2v) is 6.37. The van der Waals surface area contributed by atoms with Crippen molar-refractivity contribution in [2.75, 3.05) is 6.26 Å². The smallest absolute Gasteiger partial charge is 0.240 e. The first-order valence-electron chi connectivity index (χ1n) is 6.45. The fourth-order valence-corrected chi connectivity index (χ4v) is 3.43. The van der Waals surface area contributed by atoms with Crippen molar-refractivity contribution in [1.82, 2.24) is 5.32 Å². The van der Waals surface area contributed by atoms with Gasteiger partial charge in [-0.25, -0.2) is 0 Å². The molecule has 0 spiro atoms. The molecule has 2 saturated carbocycles. The number of carbonyl (C=O) groups excluding carboxylic acids is 1. The van der Waals surface area contributed by atoms with Crippen LogP contribution in [0.3, 0.4) is 0 Å². The summed E-state index contributed by atoms with van der Waals surface area (Å²) in [7, 11) is 0. The molecule has 2 aliphatic carbocycles. The van der Waals surface area contributed by atoms with Gasteiger partial charge in [0.1, 0.15) is 5.41 Å². The van der Waals surface area contributed by atoms with Crippen molar-refractivity contribution in [2.24, 2.45) is 5.41 Å². The van der Waals surface area contributed by atoms with Gasteiger partial charge in [-0.1, -0.05) is 0 Å². The highest BCUT2D eigenvalue weighted by atomic mass is 32.2. The third-order valence-electron chi connectivity index (χ3n) is 4.20. The van der Waals surface area contributed by atoms with E-state index < -0.39 is 5.41 Å². The summed E-state index contributed by atoms with van der Waals surface area (Å²) in [4.78, 5) is 12.1. The monoisotopic (exact) mass is 252 g/mol. The molecule has 94 valence electrons. The third kappa shape index (κ3) is 2.60. The molecule has 1 amide bonds. The van der Waals surface area contributed by atoms with Gasteiger partial charge in [0, 0.05) is 11.3 Å². The van der Waals surface area contributed by atoms with E-state index in [0.717, 1.165) is 37.4 Å². The topological polar surface area (TPSA) is 52.9 Å². The van der Waals surface area contributed by atoms with Crippen LogP contribution in [0.15, 0.2) is 0 Å². The zero-order valence-electron chi connectivity index (χ0n) is 10.4. The Morgan fingerprint density at radius 1 is 1.35 bits per heavy atom. The fraction of sp³-hybridized carbons (Fsp3) is 0.846. The third-order valence-corrected chi connectivity index (χ3v) is 5.34. The van der Waals surface area contributed by atoms with Gasteiger partial charge in [-0.2, -0.15) is 17.0 Å². The Balaban J connectivity index is 1.82. The molecule has 0 saturated heterocycles. The van der Waals surface area contributed by atoms with Crippen molar-refractivity contribution < 1.29 is 4.79 Å². The van der Waals surface area contributed by atoms with Gasteiger partial charge in [-0.05, 0) is 51.2 Å². The number of nitrogens with zero attached hydrogens (tertiary/aromatic N) is 1. The number of thioether (sulfide) groups is 1. The summed E-state index contributed by atoms with van der Waals surface area (Å²) in [5, 5.41) is 12.9. The Morgan fingerprint density at radius 3 is 2.41 bits per heavy atom. The number of carbonyl (C=O) groups is 1. The van der Waals surface area contributed by atoms with Crippen LogP contribution in [0.1, 0.15) is 44.9 Å².